The van der Waals surface area contributed by atoms with Crippen molar-refractivity contribution in [1.29, 1.82) is 0 Å². The van der Waals surface area contributed by atoms with Gasteiger partial charge in [0.15, 0.2) is 0 Å². The van der Waals surface area contributed by atoms with E-state index in [0.29, 0.717) is 19.7 Å². The SMILES string of the molecule is CCOC(=O)C1CCCN(CC(=O)N2CCCCCCC2)C1. The molecule has 0 radical (unpaired) electrons. The quantitative estimate of drug-likeness (QED) is 0.746. The minimum absolute atomic E-state index is 0.0613. The molecule has 2 saturated heterocycles. The van der Waals surface area contributed by atoms with Gasteiger partial charge in [-0.3, -0.25) is 14.5 Å². The first kappa shape index (κ1) is 17.3. The number of ether oxygens (including phenoxy) is 1. The first-order chi connectivity index (χ1) is 10.7. The summed E-state index contributed by atoms with van der Waals surface area (Å²) in [5.41, 5.74) is 0. The van der Waals surface area contributed by atoms with E-state index in [2.05, 4.69) is 4.90 Å². The fraction of sp³-hybridized carbons (Fsp3) is 0.882. The van der Waals surface area contributed by atoms with Crippen molar-refractivity contribution < 1.29 is 14.3 Å². The number of nitrogens with zero attached hydrogens (tertiary/aromatic N) is 2. The Morgan fingerprint density at radius 2 is 1.68 bits per heavy atom. The van der Waals surface area contributed by atoms with Crippen molar-refractivity contribution >= 4 is 11.9 Å². The molecule has 2 aliphatic heterocycles. The van der Waals surface area contributed by atoms with E-state index in [1.165, 1.54) is 19.3 Å². The van der Waals surface area contributed by atoms with Gasteiger partial charge in [-0.25, -0.2) is 0 Å². The molecule has 2 heterocycles. The van der Waals surface area contributed by atoms with Crippen molar-refractivity contribution in [3.05, 3.63) is 0 Å². The van der Waals surface area contributed by atoms with Crippen LogP contribution < -0.4 is 0 Å². The zero-order chi connectivity index (χ0) is 15.8. The van der Waals surface area contributed by atoms with E-state index in [1.54, 1.807) is 0 Å². The molecule has 0 aromatic heterocycles. The lowest BCUT2D eigenvalue weighted by Crippen LogP contribution is -2.46. The van der Waals surface area contributed by atoms with Crippen LogP contribution in [-0.2, 0) is 14.3 Å². The fourth-order valence-corrected chi connectivity index (χ4v) is 3.44. The lowest BCUT2D eigenvalue weighted by molar-refractivity contribution is -0.150. The number of hydrogen-bond donors (Lipinski definition) is 0. The molecule has 5 nitrogen and oxygen atoms in total. The molecule has 0 aromatic rings. The predicted molar refractivity (Wildman–Crippen MR) is 85.5 cm³/mol. The Kier molecular flexibility index (Phi) is 7.16. The number of esters is 1. The molecule has 0 aromatic carbocycles. The van der Waals surface area contributed by atoms with Gasteiger partial charge in [0.2, 0.25) is 5.91 Å². The minimum atomic E-state index is -0.106. The van der Waals surface area contributed by atoms with Gasteiger partial charge in [0.05, 0.1) is 19.1 Å². The largest absolute Gasteiger partial charge is 0.466 e. The van der Waals surface area contributed by atoms with Gasteiger partial charge in [0.25, 0.3) is 0 Å². The molecule has 0 spiro atoms. The molecule has 0 bridgehead atoms. The highest BCUT2D eigenvalue weighted by atomic mass is 16.5. The Labute approximate surface area is 134 Å². The molecule has 0 N–H and O–H groups in total. The number of likely N-dealkylation sites (tertiary alicyclic amines) is 2. The Bertz CT molecular complexity index is 365. The summed E-state index contributed by atoms with van der Waals surface area (Å²) in [6, 6.07) is 0. The molecule has 126 valence electrons. The maximum absolute atomic E-state index is 12.5. The minimum Gasteiger partial charge on any atom is -0.466 e. The van der Waals surface area contributed by atoms with E-state index >= 15 is 0 Å². The van der Waals surface area contributed by atoms with Crippen LogP contribution >= 0.6 is 0 Å². The summed E-state index contributed by atoms with van der Waals surface area (Å²) in [5.74, 6) is 0.0613. The first-order valence-corrected chi connectivity index (χ1v) is 8.87. The smallest absolute Gasteiger partial charge is 0.310 e. The van der Waals surface area contributed by atoms with Crippen molar-refractivity contribution in [1.82, 2.24) is 9.80 Å². The second-order valence-corrected chi connectivity index (χ2v) is 6.47. The van der Waals surface area contributed by atoms with Crippen LogP contribution in [0.5, 0.6) is 0 Å². The summed E-state index contributed by atoms with van der Waals surface area (Å²) in [4.78, 5) is 28.5. The van der Waals surface area contributed by atoms with Crippen molar-refractivity contribution in [2.45, 2.75) is 51.9 Å². The topological polar surface area (TPSA) is 49.9 Å². The zero-order valence-corrected chi connectivity index (χ0v) is 13.9. The van der Waals surface area contributed by atoms with Gasteiger partial charge in [-0.05, 0) is 39.2 Å². The molecule has 0 aliphatic carbocycles. The number of carbonyl (C=O) groups is 2. The zero-order valence-electron chi connectivity index (χ0n) is 13.9. The molecule has 1 unspecified atom stereocenters. The van der Waals surface area contributed by atoms with E-state index in [-0.39, 0.29) is 17.8 Å². The van der Waals surface area contributed by atoms with Crippen LogP contribution in [0, 0.1) is 5.92 Å². The highest BCUT2D eigenvalue weighted by Gasteiger charge is 2.28. The fourth-order valence-electron chi connectivity index (χ4n) is 3.44. The van der Waals surface area contributed by atoms with Gasteiger partial charge in [-0.1, -0.05) is 19.3 Å². The molecule has 2 aliphatic rings. The van der Waals surface area contributed by atoms with Crippen LogP contribution in [0.3, 0.4) is 0 Å². The first-order valence-electron chi connectivity index (χ1n) is 8.87. The molecule has 2 fully saturated rings. The Morgan fingerprint density at radius 3 is 2.36 bits per heavy atom. The monoisotopic (exact) mass is 310 g/mol. The van der Waals surface area contributed by atoms with Crippen LogP contribution in [0.2, 0.25) is 0 Å². The highest BCUT2D eigenvalue weighted by Crippen LogP contribution is 2.18. The van der Waals surface area contributed by atoms with E-state index in [9.17, 15) is 9.59 Å². The van der Waals surface area contributed by atoms with Crippen molar-refractivity contribution in [3.8, 4) is 0 Å². The Balaban J connectivity index is 1.80. The summed E-state index contributed by atoms with van der Waals surface area (Å²) < 4.78 is 5.12. The van der Waals surface area contributed by atoms with Gasteiger partial charge in [0.1, 0.15) is 0 Å². The van der Waals surface area contributed by atoms with Gasteiger partial charge in [-0.15, -0.1) is 0 Å². The van der Waals surface area contributed by atoms with E-state index in [0.717, 1.165) is 45.3 Å². The number of amides is 1. The third kappa shape index (κ3) is 5.27. The van der Waals surface area contributed by atoms with Gasteiger partial charge in [-0.2, -0.15) is 0 Å². The van der Waals surface area contributed by atoms with E-state index in [1.807, 2.05) is 11.8 Å². The summed E-state index contributed by atoms with van der Waals surface area (Å²) in [7, 11) is 0. The van der Waals surface area contributed by atoms with Crippen molar-refractivity contribution in [2.75, 3.05) is 39.3 Å². The molecular weight excluding hydrogens is 280 g/mol. The van der Waals surface area contributed by atoms with Crippen LogP contribution in [0.4, 0.5) is 0 Å². The van der Waals surface area contributed by atoms with Crippen molar-refractivity contribution in [3.63, 3.8) is 0 Å². The summed E-state index contributed by atoms with van der Waals surface area (Å²) in [6.45, 7) is 6.09. The lowest BCUT2D eigenvalue weighted by atomic mass is 9.98. The number of carbonyl (C=O) groups excluding carboxylic acids is 2. The highest BCUT2D eigenvalue weighted by molar-refractivity contribution is 5.78. The third-order valence-electron chi connectivity index (χ3n) is 4.69. The lowest BCUT2D eigenvalue weighted by Gasteiger charge is -2.33. The molecule has 2 rings (SSSR count). The van der Waals surface area contributed by atoms with E-state index < -0.39 is 0 Å². The second-order valence-electron chi connectivity index (χ2n) is 6.47. The molecule has 5 heteroatoms. The average Bonchev–Trinajstić information content (AvgIpc) is 2.47. The van der Waals surface area contributed by atoms with Crippen LogP contribution in [0.25, 0.3) is 0 Å². The van der Waals surface area contributed by atoms with Gasteiger partial charge >= 0.3 is 5.97 Å². The molecular formula is C17H30N2O3. The standard InChI is InChI=1S/C17H30N2O3/c1-2-22-17(21)15-9-8-10-18(13-15)14-16(20)19-11-6-4-3-5-7-12-19/h15H,2-14H2,1H3. The van der Waals surface area contributed by atoms with Gasteiger partial charge in [0, 0.05) is 19.6 Å². The van der Waals surface area contributed by atoms with Gasteiger partial charge < -0.3 is 9.64 Å². The van der Waals surface area contributed by atoms with Crippen LogP contribution in [0.1, 0.15) is 51.9 Å². The third-order valence-corrected chi connectivity index (χ3v) is 4.69. The maximum Gasteiger partial charge on any atom is 0.310 e. The van der Waals surface area contributed by atoms with Crippen LogP contribution in [0.15, 0.2) is 0 Å². The summed E-state index contributed by atoms with van der Waals surface area (Å²) >= 11 is 0. The molecule has 1 atom stereocenters. The average molecular weight is 310 g/mol. The number of hydrogen-bond acceptors (Lipinski definition) is 4. The van der Waals surface area contributed by atoms with Crippen LogP contribution in [-0.4, -0.2) is 61.0 Å². The molecule has 1 amide bonds. The second kappa shape index (κ2) is 9.13. The maximum atomic E-state index is 12.5. The predicted octanol–water partition coefficient (Wildman–Crippen LogP) is 2.05. The number of piperidine rings is 1. The number of rotatable bonds is 4. The van der Waals surface area contributed by atoms with E-state index in [4.69, 9.17) is 4.74 Å². The normalized spacial score (nSPS) is 24.4. The molecule has 22 heavy (non-hydrogen) atoms. The summed E-state index contributed by atoms with van der Waals surface area (Å²) in [6.07, 6.45) is 7.87. The van der Waals surface area contributed by atoms with Crippen molar-refractivity contribution in [2.24, 2.45) is 5.92 Å². The summed E-state index contributed by atoms with van der Waals surface area (Å²) in [5, 5.41) is 0. The Hall–Kier alpha value is -1.10. The Morgan fingerprint density at radius 1 is 1.00 bits per heavy atom. The molecule has 0 saturated carbocycles.